The Balaban J connectivity index is 1.69. The van der Waals surface area contributed by atoms with Crippen LogP contribution in [0.4, 0.5) is 8.78 Å². The molecule has 2 N–H and O–H groups in total. The standard InChI is InChI=1S/C23H27F2N3O3/c1-14-11-28(12-15(2)31-14)13-16-4-6-17(7-5-16)22(29)27-21(23(30)26-3)18-8-9-19(24)20(25)10-18/h4-10,14-15,21H,11-13H2,1-3H3,(H,26,30)(H,27,29). The lowest BCUT2D eigenvalue weighted by Gasteiger charge is -2.35. The molecule has 3 unspecified atom stereocenters. The number of halogens is 2. The van der Waals surface area contributed by atoms with Crippen LogP contribution in [0.2, 0.25) is 0 Å². The molecule has 1 saturated heterocycles. The Morgan fingerprint density at radius 1 is 1.06 bits per heavy atom. The third-order valence-electron chi connectivity index (χ3n) is 5.18. The molecule has 0 radical (unpaired) electrons. The van der Waals surface area contributed by atoms with Crippen LogP contribution in [0.15, 0.2) is 42.5 Å². The van der Waals surface area contributed by atoms with Crippen molar-refractivity contribution in [3.05, 3.63) is 70.8 Å². The first-order valence-corrected chi connectivity index (χ1v) is 10.2. The highest BCUT2D eigenvalue weighted by Gasteiger charge is 2.24. The van der Waals surface area contributed by atoms with Crippen LogP contribution in [0.1, 0.15) is 41.4 Å². The van der Waals surface area contributed by atoms with Gasteiger partial charge in [-0.3, -0.25) is 14.5 Å². The number of hydrogen-bond acceptors (Lipinski definition) is 4. The fourth-order valence-corrected chi connectivity index (χ4v) is 3.78. The molecular formula is C23H27F2N3O3. The van der Waals surface area contributed by atoms with Gasteiger partial charge in [0.25, 0.3) is 5.91 Å². The Kier molecular flexibility index (Phi) is 7.35. The summed E-state index contributed by atoms with van der Waals surface area (Å²) in [6.07, 6.45) is 0.346. The number of nitrogens with zero attached hydrogens (tertiary/aromatic N) is 1. The molecule has 166 valence electrons. The number of amides is 2. The van der Waals surface area contributed by atoms with Crippen LogP contribution < -0.4 is 10.6 Å². The van der Waals surface area contributed by atoms with E-state index in [0.29, 0.717) is 5.56 Å². The van der Waals surface area contributed by atoms with Crippen LogP contribution in [-0.4, -0.2) is 49.1 Å². The van der Waals surface area contributed by atoms with Gasteiger partial charge < -0.3 is 15.4 Å². The van der Waals surface area contributed by atoms with Crippen molar-refractivity contribution in [3.63, 3.8) is 0 Å². The van der Waals surface area contributed by atoms with Gasteiger partial charge in [-0.15, -0.1) is 0 Å². The third kappa shape index (κ3) is 5.86. The maximum atomic E-state index is 13.6. The normalized spacial score (nSPS) is 20.2. The van der Waals surface area contributed by atoms with E-state index in [1.807, 2.05) is 26.0 Å². The van der Waals surface area contributed by atoms with E-state index < -0.39 is 29.5 Å². The Morgan fingerprint density at radius 2 is 1.71 bits per heavy atom. The molecule has 0 spiro atoms. The van der Waals surface area contributed by atoms with Gasteiger partial charge in [0, 0.05) is 32.2 Å². The molecule has 2 amide bonds. The van der Waals surface area contributed by atoms with Crippen molar-refractivity contribution in [3.8, 4) is 0 Å². The quantitative estimate of drug-likeness (QED) is 0.738. The monoisotopic (exact) mass is 431 g/mol. The zero-order chi connectivity index (χ0) is 22.5. The zero-order valence-electron chi connectivity index (χ0n) is 17.8. The van der Waals surface area contributed by atoms with Crippen molar-refractivity contribution < 1.29 is 23.1 Å². The van der Waals surface area contributed by atoms with E-state index in [2.05, 4.69) is 15.5 Å². The predicted octanol–water partition coefficient (Wildman–Crippen LogP) is 2.79. The van der Waals surface area contributed by atoms with Crippen LogP contribution in [0.5, 0.6) is 0 Å². The maximum absolute atomic E-state index is 13.6. The van der Waals surface area contributed by atoms with Gasteiger partial charge in [0.15, 0.2) is 11.6 Å². The van der Waals surface area contributed by atoms with E-state index in [9.17, 15) is 18.4 Å². The number of ether oxygens (including phenoxy) is 1. The number of rotatable bonds is 6. The number of morpholine rings is 1. The molecule has 0 bridgehead atoms. The molecule has 6 nitrogen and oxygen atoms in total. The molecule has 0 saturated carbocycles. The van der Waals surface area contributed by atoms with Crippen molar-refractivity contribution in [1.82, 2.24) is 15.5 Å². The minimum atomic E-state index is -1.15. The molecule has 8 heteroatoms. The summed E-state index contributed by atoms with van der Waals surface area (Å²) < 4.78 is 32.6. The van der Waals surface area contributed by atoms with Crippen molar-refractivity contribution in [1.29, 1.82) is 0 Å². The second-order valence-electron chi connectivity index (χ2n) is 7.84. The average molecular weight is 431 g/mol. The Morgan fingerprint density at radius 3 is 2.29 bits per heavy atom. The van der Waals surface area contributed by atoms with Gasteiger partial charge in [-0.25, -0.2) is 8.78 Å². The lowest BCUT2D eigenvalue weighted by atomic mass is 10.0. The molecule has 3 rings (SSSR count). The fourth-order valence-electron chi connectivity index (χ4n) is 3.78. The van der Waals surface area contributed by atoms with E-state index in [1.165, 1.54) is 13.1 Å². The minimum Gasteiger partial charge on any atom is -0.373 e. The summed E-state index contributed by atoms with van der Waals surface area (Å²) in [5.41, 5.74) is 1.57. The summed E-state index contributed by atoms with van der Waals surface area (Å²) in [7, 11) is 1.41. The zero-order valence-corrected chi connectivity index (χ0v) is 17.8. The van der Waals surface area contributed by atoms with Crippen molar-refractivity contribution in [2.45, 2.75) is 38.6 Å². The van der Waals surface area contributed by atoms with Crippen LogP contribution in [0.3, 0.4) is 0 Å². The number of benzene rings is 2. The molecule has 2 aromatic rings. The topological polar surface area (TPSA) is 70.7 Å². The first-order valence-electron chi connectivity index (χ1n) is 10.2. The number of carbonyl (C=O) groups excluding carboxylic acids is 2. The first-order chi connectivity index (χ1) is 14.8. The summed E-state index contributed by atoms with van der Waals surface area (Å²) in [5, 5.41) is 5.02. The largest absolute Gasteiger partial charge is 0.373 e. The molecule has 31 heavy (non-hydrogen) atoms. The second kappa shape index (κ2) is 9.98. The number of hydrogen-bond donors (Lipinski definition) is 2. The molecule has 3 atom stereocenters. The van der Waals surface area contributed by atoms with Crippen LogP contribution in [0.25, 0.3) is 0 Å². The van der Waals surface area contributed by atoms with E-state index in [1.54, 1.807) is 12.1 Å². The Bertz CT molecular complexity index is 926. The van der Waals surface area contributed by atoms with Gasteiger partial charge in [-0.2, -0.15) is 0 Å². The smallest absolute Gasteiger partial charge is 0.252 e. The summed E-state index contributed by atoms with van der Waals surface area (Å²) in [5.74, 6) is -3.13. The van der Waals surface area contributed by atoms with Crippen LogP contribution >= 0.6 is 0 Å². The highest BCUT2D eigenvalue weighted by molar-refractivity contribution is 5.97. The highest BCUT2D eigenvalue weighted by Crippen LogP contribution is 2.19. The Hall–Kier alpha value is -2.84. The number of carbonyl (C=O) groups is 2. The average Bonchev–Trinajstić information content (AvgIpc) is 2.73. The van der Waals surface area contributed by atoms with Crippen LogP contribution in [-0.2, 0) is 16.1 Å². The predicted molar refractivity (Wildman–Crippen MR) is 112 cm³/mol. The molecule has 1 aliphatic rings. The maximum Gasteiger partial charge on any atom is 0.252 e. The van der Waals surface area contributed by atoms with Gasteiger partial charge in [-0.1, -0.05) is 18.2 Å². The number of likely N-dealkylation sites (N-methyl/N-ethyl adjacent to an activating group) is 1. The number of nitrogens with one attached hydrogen (secondary N) is 2. The molecule has 1 heterocycles. The molecule has 0 aliphatic carbocycles. The molecule has 1 fully saturated rings. The van der Waals surface area contributed by atoms with Gasteiger partial charge in [-0.05, 0) is 49.2 Å². The minimum absolute atomic E-state index is 0.152. The molecular weight excluding hydrogens is 404 g/mol. The SMILES string of the molecule is CNC(=O)C(NC(=O)c1ccc(CN2CC(C)OC(C)C2)cc1)c1ccc(F)c(F)c1. The van der Waals surface area contributed by atoms with Gasteiger partial charge in [0.05, 0.1) is 12.2 Å². The summed E-state index contributed by atoms with van der Waals surface area (Å²) >= 11 is 0. The van der Waals surface area contributed by atoms with E-state index in [-0.39, 0.29) is 17.8 Å². The van der Waals surface area contributed by atoms with Crippen molar-refractivity contribution >= 4 is 11.8 Å². The van der Waals surface area contributed by atoms with Crippen molar-refractivity contribution in [2.75, 3.05) is 20.1 Å². The molecule has 1 aliphatic heterocycles. The Labute approximate surface area is 180 Å². The summed E-state index contributed by atoms with van der Waals surface area (Å²) in [4.78, 5) is 27.3. The van der Waals surface area contributed by atoms with Gasteiger partial charge >= 0.3 is 0 Å². The third-order valence-corrected chi connectivity index (χ3v) is 5.18. The lowest BCUT2D eigenvalue weighted by molar-refractivity contribution is -0.122. The van der Waals surface area contributed by atoms with Crippen LogP contribution in [0, 0.1) is 11.6 Å². The van der Waals surface area contributed by atoms with E-state index in [4.69, 9.17) is 4.74 Å². The molecule has 0 aromatic heterocycles. The summed E-state index contributed by atoms with van der Waals surface area (Å²) in [6, 6.07) is 9.06. The fraction of sp³-hybridized carbons (Fsp3) is 0.391. The van der Waals surface area contributed by atoms with Gasteiger partial charge in [0.2, 0.25) is 5.91 Å². The van der Waals surface area contributed by atoms with E-state index >= 15 is 0 Å². The van der Waals surface area contributed by atoms with E-state index in [0.717, 1.165) is 37.3 Å². The molecule has 2 aromatic carbocycles. The second-order valence-corrected chi connectivity index (χ2v) is 7.84. The lowest BCUT2D eigenvalue weighted by Crippen LogP contribution is -2.44. The highest BCUT2D eigenvalue weighted by atomic mass is 19.2. The van der Waals surface area contributed by atoms with Gasteiger partial charge in [0.1, 0.15) is 6.04 Å². The summed E-state index contributed by atoms with van der Waals surface area (Å²) in [6.45, 7) is 6.52. The van der Waals surface area contributed by atoms with Crippen molar-refractivity contribution in [2.24, 2.45) is 0 Å². The first kappa shape index (κ1) is 22.8.